The van der Waals surface area contributed by atoms with E-state index in [1.807, 2.05) is 12.5 Å². The van der Waals surface area contributed by atoms with Crippen molar-refractivity contribution in [3.63, 3.8) is 0 Å². The Bertz CT molecular complexity index is 297. The van der Waals surface area contributed by atoms with Crippen molar-refractivity contribution in [3.8, 4) is 0 Å². The summed E-state index contributed by atoms with van der Waals surface area (Å²) in [6, 6.07) is 0. The van der Waals surface area contributed by atoms with Gasteiger partial charge in [0.05, 0.1) is 18.1 Å². The van der Waals surface area contributed by atoms with Gasteiger partial charge < -0.3 is 14.6 Å². The number of nitrogens with one attached hydrogen (secondary N) is 1. The Morgan fingerprint density at radius 3 is 3.00 bits per heavy atom. The molecule has 0 aromatic carbocycles. The van der Waals surface area contributed by atoms with Crippen LogP contribution in [0.4, 0.5) is 0 Å². The Labute approximate surface area is 104 Å². The van der Waals surface area contributed by atoms with Crippen LogP contribution in [0.25, 0.3) is 0 Å². The standard InChI is InChI=1S/C13H25N3O/c1-4-7-16-11-15-10-13(16)9-14-6-5-8-17-12(2)3/h10-12,14H,4-9H2,1-3H3. The number of rotatable bonds is 9. The molecule has 0 saturated carbocycles. The van der Waals surface area contributed by atoms with Gasteiger partial charge in [-0.15, -0.1) is 0 Å². The number of aromatic nitrogens is 2. The van der Waals surface area contributed by atoms with Crippen LogP contribution in [0.2, 0.25) is 0 Å². The Morgan fingerprint density at radius 1 is 1.47 bits per heavy atom. The van der Waals surface area contributed by atoms with E-state index in [1.165, 1.54) is 5.69 Å². The van der Waals surface area contributed by atoms with E-state index >= 15 is 0 Å². The molecular weight excluding hydrogens is 214 g/mol. The van der Waals surface area contributed by atoms with Crippen molar-refractivity contribution in [2.45, 2.75) is 52.8 Å². The lowest BCUT2D eigenvalue weighted by Crippen LogP contribution is -2.19. The van der Waals surface area contributed by atoms with Crippen molar-refractivity contribution in [2.75, 3.05) is 13.2 Å². The molecule has 1 rings (SSSR count). The van der Waals surface area contributed by atoms with Gasteiger partial charge >= 0.3 is 0 Å². The number of ether oxygens (including phenoxy) is 1. The number of hydrogen-bond donors (Lipinski definition) is 1. The number of nitrogens with zero attached hydrogens (tertiary/aromatic N) is 2. The summed E-state index contributed by atoms with van der Waals surface area (Å²) < 4.78 is 7.69. The van der Waals surface area contributed by atoms with Crippen molar-refractivity contribution < 1.29 is 4.74 Å². The zero-order valence-electron chi connectivity index (χ0n) is 11.3. The highest BCUT2D eigenvalue weighted by atomic mass is 16.5. The van der Waals surface area contributed by atoms with E-state index in [0.29, 0.717) is 6.10 Å². The molecule has 4 nitrogen and oxygen atoms in total. The van der Waals surface area contributed by atoms with Gasteiger partial charge in [-0.25, -0.2) is 4.98 Å². The molecule has 0 fully saturated rings. The summed E-state index contributed by atoms with van der Waals surface area (Å²) in [5.41, 5.74) is 1.26. The molecule has 0 unspecified atom stereocenters. The van der Waals surface area contributed by atoms with Gasteiger partial charge in [0, 0.05) is 25.9 Å². The van der Waals surface area contributed by atoms with Crippen LogP contribution in [-0.2, 0) is 17.8 Å². The number of imidazole rings is 1. The van der Waals surface area contributed by atoms with E-state index < -0.39 is 0 Å². The van der Waals surface area contributed by atoms with Gasteiger partial charge in [0.25, 0.3) is 0 Å². The topological polar surface area (TPSA) is 39.1 Å². The Kier molecular flexibility index (Phi) is 6.89. The zero-order chi connectivity index (χ0) is 12.5. The molecule has 17 heavy (non-hydrogen) atoms. The van der Waals surface area contributed by atoms with E-state index in [-0.39, 0.29) is 0 Å². The fourth-order valence-corrected chi connectivity index (χ4v) is 1.67. The first-order chi connectivity index (χ1) is 8.24. The molecule has 0 aliphatic heterocycles. The average Bonchev–Trinajstić information content (AvgIpc) is 2.71. The average molecular weight is 239 g/mol. The maximum atomic E-state index is 5.48. The minimum absolute atomic E-state index is 0.334. The third-order valence-corrected chi connectivity index (χ3v) is 2.52. The number of hydrogen-bond acceptors (Lipinski definition) is 3. The van der Waals surface area contributed by atoms with Gasteiger partial charge in [-0.3, -0.25) is 0 Å². The van der Waals surface area contributed by atoms with Gasteiger partial charge in [-0.05, 0) is 33.2 Å². The molecule has 98 valence electrons. The Balaban J connectivity index is 2.11. The lowest BCUT2D eigenvalue weighted by Gasteiger charge is -2.09. The lowest BCUT2D eigenvalue weighted by atomic mass is 10.4. The van der Waals surface area contributed by atoms with Crippen LogP contribution in [0.15, 0.2) is 12.5 Å². The smallest absolute Gasteiger partial charge is 0.0948 e. The van der Waals surface area contributed by atoms with Crippen LogP contribution < -0.4 is 5.32 Å². The van der Waals surface area contributed by atoms with Gasteiger partial charge in [0.2, 0.25) is 0 Å². The van der Waals surface area contributed by atoms with E-state index in [4.69, 9.17) is 4.74 Å². The maximum Gasteiger partial charge on any atom is 0.0948 e. The molecule has 1 heterocycles. The fraction of sp³-hybridized carbons (Fsp3) is 0.769. The molecule has 0 amide bonds. The molecule has 0 aliphatic carbocycles. The highest BCUT2D eigenvalue weighted by Gasteiger charge is 2.00. The minimum Gasteiger partial charge on any atom is -0.379 e. The van der Waals surface area contributed by atoms with Crippen molar-refractivity contribution in [1.29, 1.82) is 0 Å². The molecule has 0 spiro atoms. The van der Waals surface area contributed by atoms with Crippen LogP contribution in [-0.4, -0.2) is 28.8 Å². The highest BCUT2D eigenvalue weighted by Crippen LogP contribution is 2.00. The molecule has 1 aromatic rings. The second-order valence-corrected chi connectivity index (χ2v) is 4.53. The molecule has 0 saturated heterocycles. The first-order valence-corrected chi connectivity index (χ1v) is 6.55. The normalized spacial score (nSPS) is 11.3. The van der Waals surface area contributed by atoms with E-state index in [9.17, 15) is 0 Å². The SMILES string of the molecule is CCCn1cncc1CNCCCOC(C)C. The predicted molar refractivity (Wildman–Crippen MR) is 69.9 cm³/mol. The van der Waals surface area contributed by atoms with Crippen molar-refractivity contribution in [3.05, 3.63) is 18.2 Å². The zero-order valence-corrected chi connectivity index (χ0v) is 11.3. The summed E-state index contributed by atoms with van der Waals surface area (Å²) in [5, 5.41) is 3.42. The van der Waals surface area contributed by atoms with Gasteiger partial charge in [0.1, 0.15) is 0 Å². The van der Waals surface area contributed by atoms with Crippen LogP contribution >= 0.6 is 0 Å². The van der Waals surface area contributed by atoms with Crippen LogP contribution in [0.3, 0.4) is 0 Å². The summed E-state index contributed by atoms with van der Waals surface area (Å²) in [6.45, 7) is 10.1. The van der Waals surface area contributed by atoms with E-state index in [1.54, 1.807) is 0 Å². The van der Waals surface area contributed by atoms with Crippen LogP contribution in [0.1, 0.15) is 39.3 Å². The molecular formula is C13H25N3O. The fourth-order valence-electron chi connectivity index (χ4n) is 1.67. The van der Waals surface area contributed by atoms with Gasteiger partial charge in [-0.1, -0.05) is 6.92 Å². The molecule has 1 N–H and O–H groups in total. The summed E-state index contributed by atoms with van der Waals surface area (Å²) in [4.78, 5) is 4.18. The first-order valence-electron chi connectivity index (χ1n) is 6.55. The van der Waals surface area contributed by atoms with E-state index in [0.717, 1.165) is 39.1 Å². The minimum atomic E-state index is 0.334. The quantitative estimate of drug-likeness (QED) is 0.671. The Hall–Kier alpha value is -0.870. The highest BCUT2D eigenvalue weighted by molar-refractivity contribution is 4.97. The first kappa shape index (κ1) is 14.2. The summed E-state index contributed by atoms with van der Waals surface area (Å²) >= 11 is 0. The van der Waals surface area contributed by atoms with E-state index in [2.05, 4.69) is 35.6 Å². The number of aryl methyl sites for hydroxylation is 1. The van der Waals surface area contributed by atoms with Crippen molar-refractivity contribution in [2.24, 2.45) is 0 Å². The second-order valence-electron chi connectivity index (χ2n) is 4.53. The molecule has 0 bridgehead atoms. The predicted octanol–water partition coefficient (Wildman–Crippen LogP) is 2.20. The Morgan fingerprint density at radius 2 is 2.29 bits per heavy atom. The van der Waals surface area contributed by atoms with Crippen LogP contribution in [0, 0.1) is 0 Å². The molecule has 0 aliphatic rings. The van der Waals surface area contributed by atoms with Gasteiger partial charge in [0.15, 0.2) is 0 Å². The second kappa shape index (κ2) is 8.25. The molecule has 1 aromatic heterocycles. The summed E-state index contributed by atoms with van der Waals surface area (Å²) in [7, 11) is 0. The summed E-state index contributed by atoms with van der Waals surface area (Å²) in [5.74, 6) is 0. The molecule has 0 atom stereocenters. The molecule has 0 radical (unpaired) electrons. The third kappa shape index (κ3) is 5.84. The third-order valence-electron chi connectivity index (χ3n) is 2.52. The van der Waals surface area contributed by atoms with Crippen LogP contribution in [0.5, 0.6) is 0 Å². The lowest BCUT2D eigenvalue weighted by molar-refractivity contribution is 0.0770. The van der Waals surface area contributed by atoms with Crippen molar-refractivity contribution in [1.82, 2.24) is 14.9 Å². The largest absolute Gasteiger partial charge is 0.379 e. The van der Waals surface area contributed by atoms with Gasteiger partial charge in [-0.2, -0.15) is 0 Å². The maximum absolute atomic E-state index is 5.48. The summed E-state index contributed by atoms with van der Waals surface area (Å²) in [6.07, 6.45) is 6.38. The monoisotopic (exact) mass is 239 g/mol. The molecule has 4 heteroatoms. The van der Waals surface area contributed by atoms with Crippen molar-refractivity contribution >= 4 is 0 Å².